The minimum atomic E-state index is -0.0711. The van der Waals surface area contributed by atoms with Crippen LogP contribution in [0.5, 0.6) is 0 Å². The minimum Gasteiger partial charge on any atom is -0.380 e. The number of rotatable bonds is 6. The molecule has 4 heteroatoms. The van der Waals surface area contributed by atoms with Gasteiger partial charge in [0.15, 0.2) is 0 Å². The summed E-state index contributed by atoms with van der Waals surface area (Å²) in [5.74, 6) is -0.0711. The molecule has 1 heterocycles. The van der Waals surface area contributed by atoms with E-state index in [4.69, 9.17) is 4.74 Å². The zero-order valence-electron chi connectivity index (χ0n) is 15.7. The molecule has 4 nitrogen and oxygen atoms in total. The second kappa shape index (κ2) is 8.86. The Labute approximate surface area is 156 Å². The first-order valence-corrected chi connectivity index (χ1v) is 9.47. The third kappa shape index (κ3) is 4.64. The number of methoxy groups -OCH3 is 1. The van der Waals surface area contributed by atoms with E-state index >= 15 is 0 Å². The SMILES string of the molecule is CCCc1ccc(C(=O)Nc2ccc(N3CCC[C@@H](OC)C3)cc2)cc1. The summed E-state index contributed by atoms with van der Waals surface area (Å²) in [6.07, 6.45) is 4.73. The fourth-order valence-corrected chi connectivity index (χ4v) is 3.44. The van der Waals surface area contributed by atoms with Gasteiger partial charge in [-0.1, -0.05) is 25.5 Å². The van der Waals surface area contributed by atoms with Crippen molar-refractivity contribution in [1.29, 1.82) is 0 Å². The largest absolute Gasteiger partial charge is 0.380 e. The van der Waals surface area contributed by atoms with Crippen molar-refractivity contribution < 1.29 is 9.53 Å². The maximum Gasteiger partial charge on any atom is 0.255 e. The molecule has 0 unspecified atom stereocenters. The fourth-order valence-electron chi connectivity index (χ4n) is 3.44. The number of aryl methyl sites for hydroxylation is 1. The van der Waals surface area contributed by atoms with Crippen molar-refractivity contribution in [3.63, 3.8) is 0 Å². The highest BCUT2D eigenvalue weighted by molar-refractivity contribution is 6.04. The van der Waals surface area contributed by atoms with E-state index in [-0.39, 0.29) is 5.91 Å². The van der Waals surface area contributed by atoms with Crippen molar-refractivity contribution in [2.24, 2.45) is 0 Å². The van der Waals surface area contributed by atoms with Crippen LogP contribution in [0.4, 0.5) is 11.4 Å². The van der Waals surface area contributed by atoms with Crippen LogP contribution in [-0.4, -0.2) is 32.2 Å². The molecule has 2 aromatic carbocycles. The highest BCUT2D eigenvalue weighted by Crippen LogP contribution is 2.23. The summed E-state index contributed by atoms with van der Waals surface area (Å²) in [6, 6.07) is 15.9. The number of hydrogen-bond donors (Lipinski definition) is 1. The summed E-state index contributed by atoms with van der Waals surface area (Å²) < 4.78 is 5.49. The average Bonchev–Trinajstić information content (AvgIpc) is 2.69. The van der Waals surface area contributed by atoms with Crippen LogP contribution in [-0.2, 0) is 11.2 Å². The summed E-state index contributed by atoms with van der Waals surface area (Å²) >= 11 is 0. The van der Waals surface area contributed by atoms with Gasteiger partial charge in [0.2, 0.25) is 0 Å². The van der Waals surface area contributed by atoms with Gasteiger partial charge in [0, 0.05) is 37.1 Å². The van der Waals surface area contributed by atoms with E-state index in [0.717, 1.165) is 44.5 Å². The van der Waals surface area contributed by atoms with Gasteiger partial charge in [-0.3, -0.25) is 4.79 Å². The summed E-state index contributed by atoms with van der Waals surface area (Å²) in [4.78, 5) is 14.8. The van der Waals surface area contributed by atoms with E-state index in [1.165, 1.54) is 11.3 Å². The van der Waals surface area contributed by atoms with Crippen LogP contribution in [0.25, 0.3) is 0 Å². The number of amides is 1. The van der Waals surface area contributed by atoms with E-state index < -0.39 is 0 Å². The molecule has 26 heavy (non-hydrogen) atoms. The second-order valence-corrected chi connectivity index (χ2v) is 6.89. The molecule has 1 aliphatic rings. The minimum absolute atomic E-state index is 0.0711. The lowest BCUT2D eigenvalue weighted by Gasteiger charge is -2.33. The predicted molar refractivity (Wildman–Crippen MR) is 107 cm³/mol. The number of benzene rings is 2. The number of carbonyl (C=O) groups is 1. The number of hydrogen-bond acceptors (Lipinski definition) is 3. The van der Waals surface area contributed by atoms with E-state index in [0.29, 0.717) is 11.7 Å². The van der Waals surface area contributed by atoms with E-state index in [9.17, 15) is 4.79 Å². The van der Waals surface area contributed by atoms with Gasteiger partial charge in [0.25, 0.3) is 5.91 Å². The molecule has 138 valence electrons. The van der Waals surface area contributed by atoms with Gasteiger partial charge in [0.05, 0.1) is 6.10 Å². The van der Waals surface area contributed by atoms with Crippen LogP contribution >= 0.6 is 0 Å². The molecule has 1 amide bonds. The van der Waals surface area contributed by atoms with Gasteiger partial charge in [-0.05, 0) is 61.2 Å². The van der Waals surface area contributed by atoms with Crippen molar-refractivity contribution >= 4 is 17.3 Å². The molecular weight excluding hydrogens is 324 g/mol. The number of carbonyl (C=O) groups excluding carboxylic acids is 1. The maximum absolute atomic E-state index is 12.4. The first kappa shape index (κ1) is 18.5. The topological polar surface area (TPSA) is 41.6 Å². The zero-order valence-corrected chi connectivity index (χ0v) is 15.7. The van der Waals surface area contributed by atoms with Crippen molar-refractivity contribution in [3.8, 4) is 0 Å². The van der Waals surface area contributed by atoms with Crippen LogP contribution in [0, 0.1) is 0 Å². The molecule has 1 aliphatic heterocycles. The molecule has 0 radical (unpaired) electrons. The summed E-state index contributed by atoms with van der Waals surface area (Å²) in [7, 11) is 1.78. The Morgan fingerprint density at radius 1 is 1.15 bits per heavy atom. The normalized spacial score (nSPS) is 17.2. The van der Waals surface area contributed by atoms with Crippen LogP contribution in [0.3, 0.4) is 0 Å². The standard InChI is InChI=1S/C22H28N2O2/c1-3-5-17-7-9-18(10-8-17)22(25)23-19-11-13-20(14-12-19)24-15-4-6-21(16-24)26-2/h7-14,21H,3-6,15-16H2,1-2H3,(H,23,25)/t21-/m1/s1. The molecule has 2 aromatic rings. The Balaban J connectivity index is 1.60. The lowest BCUT2D eigenvalue weighted by molar-refractivity contribution is 0.0893. The van der Waals surface area contributed by atoms with Crippen molar-refractivity contribution in [2.75, 3.05) is 30.4 Å². The molecule has 1 fully saturated rings. The molecule has 1 atom stereocenters. The third-order valence-electron chi connectivity index (χ3n) is 4.96. The first-order valence-electron chi connectivity index (χ1n) is 9.47. The highest BCUT2D eigenvalue weighted by Gasteiger charge is 2.19. The van der Waals surface area contributed by atoms with Crippen LogP contribution in [0.15, 0.2) is 48.5 Å². The predicted octanol–water partition coefficient (Wildman–Crippen LogP) is 4.51. The van der Waals surface area contributed by atoms with E-state index in [1.807, 2.05) is 36.4 Å². The second-order valence-electron chi connectivity index (χ2n) is 6.89. The molecule has 1 saturated heterocycles. The number of nitrogens with zero attached hydrogens (tertiary/aromatic N) is 1. The Bertz CT molecular complexity index is 710. The van der Waals surface area contributed by atoms with E-state index in [2.05, 4.69) is 29.3 Å². The van der Waals surface area contributed by atoms with Crippen molar-refractivity contribution in [3.05, 3.63) is 59.7 Å². The molecule has 0 bridgehead atoms. The molecule has 0 aromatic heterocycles. The molecule has 0 spiro atoms. The smallest absolute Gasteiger partial charge is 0.255 e. The quantitative estimate of drug-likeness (QED) is 0.832. The molecule has 1 N–H and O–H groups in total. The third-order valence-corrected chi connectivity index (χ3v) is 4.96. The monoisotopic (exact) mass is 352 g/mol. The Morgan fingerprint density at radius 3 is 2.54 bits per heavy atom. The van der Waals surface area contributed by atoms with E-state index in [1.54, 1.807) is 7.11 Å². The van der Waals surface area contributed by atoms with Crippen molar-refractivity contribution in [1.82, 2.24) is 0 Å². The molecule has 0 aliphatic carbocycles. The zero-order chi connectivity index (χ0) is 18.4. The number of piperidine rings is 1. The first-order chi connectivity index (χ1) is 12.7. The fraction of sp³-hybridized carbons (Fsp3) is 0.409. The van der Waals surface area contributed by atoms with Crippen LogP contribution in [0.2, 0.25) is 0 Å². The van der Waals surface area contributed by atoms with Gasteiger partial charge in [0.1, 0.15) is 0 Å². The number of anilines is 2. The summed E-state index contributed by atoms with van der Waals surface area (Å²) in [6.45, 7) is 4.13. The lowest BCUT2D eigenvalue weighted by atomic mass is 10.1. The van der Waals surface area contributed by atoms with Crippen molar-refractivity contribution in [2.45, 2.75) is 38.7 Å². The molecular formula is C22H28N2O2. The summed E-state index contributed by atoms with van der Waals surface area (Å²) in [5.41, 5.74) is 3.95. The van der Waals surface area contributed by atoms with Gasteiger partial charge in [-0.15, -0.1) is 0 Å². The Morgan fingerprint density at radius 2 is 1.88 bits per heavy atom. The Kier molecular flexibility index (Phi) is 6.29. The van der Waals surface area contributed by atoms with Gasteiger partial charge >= 0.3 is 0 Å². The van der Waals surface area contributed by atoms with Gasteiger partial charge in [-0.25, -0.2) is 0 Å². The van der Waals surface area contributed by atoms with Gasteiger partial charge < -0.3 is 15.0 Å². The molecule has 0 saturated carbocycles. The number of nitrogens with one attached hydrogen (secondary N) is 1. The Hall–Kier alpha value is -2.33. The summed E-state index contributed by atoms with van der Waals surface area (Å²) in [5, 5.41) is 2.98. The van der Waals surface area contributed by atoms with Gasteiger partial charge in [-0.2, -0.15) is 0 Å². The number of ether oxygens (including phenoxy) is 1. The maximum atomic E-state index is 12.4. The molecule has 3 rings (SSSR count). The average molecular weight is 352 g/mol. The van der Waals surface area contributed by atoms with Crippen LogP contribution in [0.1, 0.15) is 42.1 Å². The highest BCUT2D eigenvalue weighted by atomic mass is 16.5. The lowest BCUT2D eigenvalue weighted by Crippen LogP contribution is -2.39. The van der Waals surface area contributed by atoms with Crippen LogP contribution < -0.4 is 10.2 Å².